The fraction of sp³-hybridized carbons (Fsp3) is 0.786. The van der Waals surface area contributed by atoms with E-state index in [4.69, 9.17) is 4.74 Å². The van der Waals surface area contributed by atoms with Crippen LogP contribution in [0.2, 0.25) is 0 Å². The summed E-state index contributed by atoms with van der Waals surface area (Å²) in [6, 6.07) is 0. The first kappa shape index (κ1) is 15.2. The number of unbranched alkanes of at least 4 members (excludes halogenated alkanes) is 1. The Balaban J connectivity index is 3.73. The van der Waals surface area contributed by atoms with Gasteiger partial charge < -0.3 is 4.74 Å². The lowest BCUT2D eigenvalue weighted by Crippen LogP contribution is -2.14. The Hall–Kier alpha value is -0.790. The van der Waals surface area contributed by atoms with Crippen molar-refractivity contribution in [3.63, 3.8) is 0 Å². The fourth-order valence-corrected chi connectivity index (χ4v) is 1.82. The molecule has 16 heavy (non-hydrogen) atoms. The highest BCUT2D eigenvalue weighted by Crippen LogP contribution is 2.20. The normalized spacial score (nSPS) is 14.2. The van der Waals surface area contributed by atoms with Gasteiger partial charge in [0.05, 0.1) is 6.10 Å². The second kappa shape index (κ2) is 9.44. The Morgan fingerprint density at radius 3 is 2.50 bits per heavy atom. The minimum Gasteiger partial charge on any atom is -0.460 e. The third kappa shape index (κ3) is 7.49. The quantitative estimate of drug-likeness (QED) is 0.437. The molecule has 2 nitrogen and oxygen atoms in total. The molecule has 0 spiro atoms. The minimum atomic E-state index is -0.311. The van der Waals surface area contributed by atoms with Crippen LogP contribution in [0.15, 0.2) is 12.7 Å². The summed E-state index contributed by atoms with van der Waals surface area (Å²) in [5, 5.41) is 0. The lowest BCUT2D eigenvalue weighted by Gasteiger charge is -2.17. The smallest absolute Gasteiger partial charge is 0.330 e. The minimum absolute atomic E-state index is 0.0150. The SMILES string of the molecule is C=CC(=O)OC(C)CCC(CC)CCCC. The first-order valence-electron chi connectivity index (χ1n) is 6.47. The van der Waals surface area contributed by atoms with E-state index in [2.05, 4.69) is 20.4 Å². The Morgan fingerprint density at radius 1 is 1.31 bits per heavy atom. The Bertz CT molecular complexity index is 199. The van der Waals surface area contributed by atoms with Gasteiger partial charge in [0.1, 0.15) is 0 Å². The van der Waals surface area contributed by atoms with Crippen molar-refractivity contribution in [3.8, 4) is 0 Å². The van der Waals surface area contributed by atoms with Crippen molar-refractivity contribution >= 4 is 5.97 Å². The molecular formula is C14H26O2. The molecule has 94 valence electrons. The molecule has 0 aliphatic rings. The van der Waals surface area contributed by atoms with Crippen LogP contribution in [0, 0.1) is 5.92 Å². The highest BCUT2D eigenvalue weighted by molar-refractivity contribution is 5.81. The summed E-state index contributed by atoms with van der Waals surface area (Å²) < 4.78 is 5.14. The van der Waals surface area contributed by atoms with Gasteiger partial charge >= 0.3 is 5.97 Å². The zero-order chi connectivity index (χ0) is 12.4. The van der Waals surface area contributed by atoms with Crippen LogP contribution >= 0.6 is 0 Å². The van der Waals surface area contributed by atoms with Crippen LogP contribution in [0.4, 0.5) is 0 Å². The van der Waals surface area contributed by atoms with Gasteiger partial charge in [0.25, 0.3) is 0 Å². The first-order valence-corrected chi connectivity index (χ1v) is 6.47. The van der Waals surface area contributed by atoms with Gasteiger partial charge in [-0.1, -0.05) is 46.1 Å². The molecular weight excluding hydrogens is 200 g/mol. The molecule has 2 unspecified atom stereocenters. The van der Waals surface area contributed by atoms with Crippen LogP contribution in [-0.4, -0.2) is 12.1 Å². The average Bonchev–Trinajstić information content (AvgIpc) is 2.29. The number of esters is 1. The van der Waals surface area contributed by atoms with E-state index in [9.17, 15) is 4.79 Å². The van der Waals surface area contributed by atoms with Crippen molar-refractivity contribution in [1.29, 1.82) is 0 Å². The van der Waals surface area contributed by atoms with Crippen molar-refractivity contribution in [3.05, 3.63) is 12.7 Å². The van der Waals surface area contributed by atoms with Crippen LogP contribution in [0.1, 0.15) is 59.3 Å². The summed E-state index contributed by atoms with van der Waals surface area (Å²) in [6.45, 7) is 9.80. The maximum absolute atomic E-state index is 11.0. The molecule has 0 fully saturated rings. The van der Waals surface area contributed by atoms with Crippen LogP contribution in [0.3, 0.4) is 0 Å². The average molecular weight is 226 g/mol. The summed E-state index contributed by atoms with van der Waals surface area (Å²) in [4.78, 5) is 11.0. The van der Waals surface area contributed by atoms with Gasteiger partial charge in [-0.05, 0) is 25.7 Å². The van der Waals surface area contributed by atoms with E-state index < -0.39 is 0 Å². The third-order valence-electron chi connectivity index (χ3n) is 3.01. The molecule has 0 rings (SSSR count). The van der Waals surface area contributed by atoms with Gasteiger partial charge in [0, 0.05) is 6.08 Å². The summed E-state index contributed by atoms with van der Waals surface area (Å²) in [6.07, 6.45) is 8.45. The monoisotopic (exact) mass is 226 g/mol. The second-order valence-electron chi connectivity index (χ2n) is 4.45. The van der Waals surface area contributed by atoms with Crippen molar-refractivity contribution in [2.24, 2.45) is 5.92 Å². The van der Waals surface area contributed by atoms with Gasteiger partial charge in [-0.25, -0.2) is 4.79 Å². The molecule has 0 aliphatic carbocycles. The summed E-state index contributed by atoms with van der Waals surface area (Å²) in [7, 11) is 0. The number of rotatable bonds is 9. The van der Waals surface area contributed by atoms with E-state index in [1.807, 2.05) is 6.92 Å². The van der Waals surface area contributed by atoms with Crippen LogP contribution in [0.25, 0.3) is 0 Å². The Morgan fingerprint density at radius 2 is 2.00 bits per heavy atom. The second-order valence-corrected chi connectivity index (χ2v) is 4.45. The van der Waals surface area contributed by atoms with Crippen LogP contribution < -0.4 is 0 Å². The molecule has 0 aromatic heterocycles. The van der Waals surface area contributed by atoms with Crippen LogP contribution in [-0.2, 0) is 9.53 Å². The summed E-state index contributed by atoms with van der Waals surface area (Å²) in [5.74, 6) is 0.471. The van der Waals surface area contributed by atoms with Crippen molar-refractivity contribution in [2.45, 2.75) is 65.4 Å². The first-order chi connectivity index (χ1) is 7.63. The predicted octanol–water partition coefficient (Wildman–Crippen LogP) is 4.10. The van der Waals surface area contributed by atoms with E-state index in [-0.39, 0.29) is 12.1 Å². The van der Waals surface area contributed by atoms with Crippen molar-refractivity contribution < 1.29 is 9.53 Å². The van der Waals surface area contributed by atoms with Gasteiger partial charge in [-0.15, -0.1) is 0 Å². The number of carbonyl (C=O) groups excluding carboxylic acids is 1. The van der Waals surface area contributed by atoms with E-state index >= 15 is 0 Å². The number of carbonyl (C=O) groups is 1. The van der Waals surface area contributed by atoms with E-state index in [0.717, 1.165) is 18.8 Å². The standard InChI is InChI=1S/C14H26O2/c1-5-8-9-13(6-2)11-10-12(4)16-14(15)7-3/h7,12-13H,3,5-6,8-11H2,1-2,4H3. The van der Waals surface area contributed by atoms with Crippen LogP contribution in [0.5, 0.6) is 0 Å². The zero-order valence-corrected chi connectivity index (χ0v) is 11.0. The van der Waals surface area contributed by atoms with Gasteiger partial charge in [0.15, 0.2) is 0 Å². The molecule has 0 bridgehead atoms. The maximum atomic E-state index is 11.0. The summed E-state index contributed by atoms with van der Waals surface area (Å²) >= 11 is 0. The van der Waals surface area contributed by atoms with Gasteiger partial charge in [-0.3, -0.25) is 0 Å². The van der Waals surface area contributed by atoms with Gasteiger partial charge in [0.2, 0.25) is 0 Å². The molecule has 0 saturated carbocycles. The Labute approximate surface area is 100 Å². The van der Waals surface area contributed by atoms with Gasteiger partial charge in [-0.2, -0.15) is 0 Å². The lowest BCUT2D eigenvalue weighted by atomic mass is 9.93. The number of hydrogen-bond acceptors (Lipinski definition) is 2. The Kier molecular flexibility index (Phi) is 8.97. The van der Waals surface area contributed by atoms with E-state index in [0.29, 0.717) is 0 Å². The van der Waals surface area contributed by atoms with E-state index in [1.165, 1.54) is 31.8 Å². The molecule has 2 atom stereocenters. The highest BCUT2D eigenvalue weighted by atomic mass is 16.5. The number of hydrogen-bond donors (Lipinski definition) is 0. The number of ether oxygens (including phenoxy) is 1. The molecule has 2 heteroatoms. The largest absolute Gasteiger partial charge is 0.460 e. The molecule has 0 aromatic rings. The lowest BCUT2D eigenvalue weighted by molar-refractivity contribution is -0.142. The fourth-order valence-electron chi connectivity index (χ4n) is 1.82. The van der Waals surface area contributed by atoms with Crippen molar-refractivity contribution in [2.75, 3.05) is 0 Å². The van der Waals surface area contributed by atoms with E-state index in [1.54, 1.807) is 0 Å². The molecule has 0 aliphatic heterocycles. The zero-order valence-electron chi connectivity index (χ0n) is 11.0. The third-order valence-corrected chi connectivity index (χ3v) is 3.01. The molecule has 0 saturated heterocycles. The predicted molar refractivity (Wildman–Crippen MR) is 68.3 cm³/mol. The molecule has 0 aromatic carbocycles. The topological polar surface area (TPSA) is 26.3 Å². The highest BCUT2D eigenvalue weighted by Gasteiger charge is 2.11. The maximum Gasteiger partial charge on any atom is 0.330 e. The molecule has 0 radical (unpaired) electrons. The van der Waals surface area contributed by atoms with Crippen molar-refractivity contribution in [1.82, 2.24) is 0 Å². The molecule has 0 heterocycles. The molecule has 0 amide bonds. The summed E-state index contributed by atoms with van der Waals surface area (Å²) in [5.41, 5.74) is 0. The molecule has 0 N–H and O–H groups in total.